The number of esters is 1. The lowest BCUT2D eigenvalue weighted by Gasteiger charge is -2.10. The predicted octanol–water partition coefficient (Wildman–Crippen LogP) is 4.37. The molecular weight excluding hydrogens is 322 g/mol. The van der Waals surface area contributed by atoms with Gasteiger partial charge in [-0.25, -0.2) is 4.79 Å². The molecule has 0 aliphatic heterocycles. The Hall–Kier alpha value is -2.40. The number of rotatable bonds is 6. The molecule has 0 atom stereocenters. The van der Waals surface area contributed by atoms with Crippen LogP contribution in [0.15, 0.2) is 59.6 Å². The number of methoxy groups -OCH3 is 1. The number of thioether (sulfide) groups is 1. The first-order chi connectivity index (χ1) is 11.7. The van der Waals surface area contributed by atoms with E-state index in [0.717, 1.165) is 27.3 Å². The number of ether oxygens (including phenoxy) is 2. The van der Waals surface area contributed by atoms with Crippen LogP contribution in [0.2, 0.25) is 0 Å². The fourth-order valence-electron chi connectivity index (χ4n) is 2.55. The van der Waals surface area contributed by atoms with Crippen molar-refractivity contribution in [2.75, 3.05) is 12.9 Å². The van der Waals surface area contributed by atoms with Gasteiger partial charge in [-0.05, 0) is 42.2 Å². The third-order valence-corrected chi connectivity index (χ3v) is 4.59. The maximum absolute atomic E-state index is 12.3. The Morgan fingerprint density at radius 3 is 2.79 bits per heavy atom. The molecule has 0 bridgehead atoms. The second-order valence-electron chi connectivity index (χ2n) is 5.22. The van der Waals surface area contributed by atoms with E-state index < -0.39 is 0 Å². The summed E-state index contributed by atoms with van der Waals surface area (Å²) >= 11 is 1.66. The average molecular weight is 341 g/mol. The van der Waals surface area contributed by atoms with E-state index in [1.165, 1.54) is 0 Å². The fourth-order valence-corrected chi connectivity index (χ4v) is 3.28. The zero-order valence-corrected chi connectivity index (χ0v) is 14.5. The summed E-state index contributed by atoms with van der Waals surface area (Å²) in [7, 11) is 1.64. The van der Waals surface area contributed by atoms with Gasteiger partial charge in [0.15, 0.2) is 0 Å². The summed E-state index contributed by atoms with van der Waals surface area (Å²) in [6, 6.07) is 15.4. The summed E-state index contributed by atoms with van der Waals surface area (Å²) in [6.07, 6.45) is 1.89. The number of hydrogen-bond acceptors (Lipinski definition) is 4. The highest BCUT2D eigenvalue weighted by molar-refractivity contribution is 7.99. The summed E-state index contributed by atoms with van der Waals surface area (Å²) in [5.41, 5.74) is 0.976. The largest absolute Gasteiger partial charge is 0.497 e. The van der Waals surface area contributed by atoms with Crippen LogP contribution >= 0.6 is 11.8 Å². The van der Waals surface area contributed by atoms with Gasteiger partial charge in [-0.3, -0.25) is 0 Å². The Balaban J connectivity index is 1.76. The minimum absolute atomic E-state index is 0.168. The highest BCUT2D eigenvalue weighted by Gasteiger charge is 2.11. The Kier molecular flexibility index (Phi) is 5.11. The van der Waals surface area contributed by atoms with Crippen molar-refractivity contribution in [1.82, 2.24) is 4.57 Å². The van der Waals surface area contributed by atoms with Crippen LogP contribution in [-0.2, 0) is 11.3 Å². The zero-order chi connectivity index (χ0) is 16.9. The van der Waals surface area contributed by atoms with Crippen molar-refractivity contribution in [3.05, 3.63) is 54.7 Å². The molecule has 0 aliphatic carbocycles. The van der Waals surface area contributed by atoms with Crippen molar-refractivity contribution in [2.24, 2.45) is 0 Å². The molecule has 2 aromatic carbocycles. The average Bonchev–Trinajstić information content (AvgIpc) is 2.99. The number of carbonyl (C=O) groups is 1. The van der Waals surface area contributed by atoms with Crippen LogP contribution < -0.4 is 9.47 Å². The molecule has 0 radical (unpaired) electrons. The van der Waals surface area contributed by atoms with Crippen molar-refractivity contribution in [3.63, 3.8) is 0 Å². The van der Waals surface area contributed by atoms with Crippen molar-refractivity contribution in [2.45, 2.75) is 18.4 Å². The Bertz CT molecular complexity index is 857. The zero-order valence-electron chi connectivity index (χ0n) is 13.7. The Morgan fingerprint density at radius 1 is 1.17 bits per heavy atom. The number of para-hydroxylation sites is 1. The molecule has 0 amide bonds. The summed E-state index contributed by atoms with van der Waals surface area (Å²) in [6.45, 7) is 2.24. The topological polar surface area (TPSA) is 40.5 Å². The minimum atomic E-state index is -0.285. The maximum atomic E-state index is 12.3. The van der Waals surface area contributed by atoms with Crippen LogP contribution in [0, 0.1) is 0 Å². The van der Waals surface area contributed by atoms with Gasteiger partial charge in [-0.2, -0.15) is 0 Å². The Labute approximate surface area is 145 Å². The quantitative estimate of drug-likeness (QED) is 0.379. The van der Waals surface area contributed by atoms with Gasteiger partial charge in [0.25, 0.3) is 0 Å². The molecule has 0 saturated carbocycles. The van der Waals surface area contributed by atoms with Gasteiger partial charge in [0.05, 0.1) is 12.0 Å². The van der Waals surface area contributed by atoms with Crippen LogP contribution in [0.5, 0.6) is 11.5 Å². The van der Waals surface area contributed by atoms with Crippen molar-refractivity contribution < 1.29 is 14.3 Å². The van der Waals surface area contributed by atoms with E-state index in [9.17, 15) is 4.79 Å². The first kappa shape index (κ1) is 16.5. The molecule has 4 nitrogen and oxygen atoms in total. The standard InChI is InChI=1S/C19H19NO3S/c1-3-24-18-7-5-4-6-17(18)23-19(21)13-20-11-10-14-12-15(22-2)8-9-16(14)20/h4-12H,3,13H2,1-2H3. The first-order valence-electron chi connectivity index (χ1n) is 7.76. The summed E-state index contributed by atoms with van der Waals surface area (Å²) in [4.78, 5) is 13.3. The monoisotopic (exact) mass is 341 g/mol. The van der Waals surface area contributed by atoms with Crippen LogP contribution in [0.3, 0.4) is 0 Å². The molecule has 124 valence electrons. The number of aromatic nitrogens is 1. The SMILES string of the molecule is CCSc1ccccc1OC(=O)Cn1ccc2cc(OC)ccc21. The molecular formula is C19H19NO3S. The van der Waals surface area contributed by atoms with Gasteiger partial charge < -0.3 is 14.0 Å². The van der Waals surface area contributed by atoms with E-state index in [0.29, 0.717) is 5.75 Å². The summed E-state index contributed by atoms with van der Waals surface area (Å²) in [5.74, 6) is 2.06. The molecule has 24 heavy (non-hydrogen) atoms. The van der Waals surface area contributed by atoms with Gasteiger partial charge >= 0.3 is 5.97 Å². The highest BCUT2D eigenvalue weighted by Crippen LogP contribution is 2.29. The highest BCUT2D eigenvalue weighted by atomic mass is 32.2. The molecule has 1 aromatic heterocycles. The van der Waals surface area contributed by atoms with Gasteiger partial charge in [-0.15, -0.1) is 11.8 Å². The molecule has 3 rings (SSSR count). The van der Waals surface area contributed by atoms with Crippen molar-refractivity contribution in [3.8, 4) is 11.5 Å². The smallest absolute Gasteiger partial charge is 0.331 e. The van der Waals surface area contributed by atoms with Crippen LogP contribution in [0.1, 0.15) is 6.92 Å². The van der Waals surface area contributed by atoms with E-state index in [-0.39, 0.29) is 12.5 Å². The molecule has 1 heterocycles. The third-order valence-electron chi connectivity index (χ3n) is 3.65. The Morgan fingerprint density at radius 2 is 2.00 bits per heavy atom. The van der Waals surface area contributed by atoms with E-state index in [1.807, 2.05) is 59.3 Å². The number of hydrogen-bond donors (Lipinski definition) is 0. The van der Waals surface area contributed by atoms with Gasteiger partial charge in [0.1, 0.15) is 18.0 Å². The van der Waals surface area contributed by atoms with Gasteiger partial charge in [-0.1, -0.05) is 19.1 Å². The van der Waals surface area contributed by atoms with E-state index in [4.69, 9.17) is 9.47 Å². The van der Waals surface area contributed by atoms with E-state index >= 15 is 0 Å². The lowest BCUT2D eigenvalue weighted by atomic mass is 10.2. The third kappa shape index (κ3) is 3.57. The maximum Gasteiger partial charge on any atom is 0.331 e. The van der Waals surface area contributed by atoms with Crippen molar-refractivity contribution >= 4 is 28.6 Å². The normalized spacial score (nSPS) is 10.8. The first-order valence-corrected chi connectivity index (χ1v) is 8.75. The summed E-state index contributed by atoms with van der Waals surface area (Å²) < 4.78 is 12.7. The molecule has 0 spiro atoms. The molecule has 0 N–H and O–H groups in total. The number of carbonyl (C=O) groups excluding carboxylic acids is 1. The van der Waals surface area contributed by atoms with Crippen LogP contribution in [0.25, 0.3) is 10.9 Å². The minimum Gasteiger partial charge on any atom is -0.497 e. The second-order valence-corrected chi connectivity index (χ2v) is 6.53. The lowest BCUT2D eigenvalue weighted by Crippen LogP contribution is -2.16. The molecule has 0 unspecified atom stereocenters. The lowest BCUT2D eigenvalue weighted by molar-refractivity contribution is -0.135. The van der Waals surface area contributed by atoms with Gasteiger partial charge in [0.2, 0.25) is 0 Å². The number of nitrogens with zero attached hydrogens (tertiary/aromatic N) is 1. The van der Waals surface area contributed by atoms with Gasteiger partial charge in [0, 0.05) is 17.1 Å². The molecule has 0 aliphatic rings. The number of benzene rings is 2. The molecule has 3 aromatic rings. The van der Waals surface area contributed by atoms with E-state index in [2.05, 4.69) is 6.92 Å². The second kappa shape index (κ2) is 7.45. The molecule has 0 saturated heterocycles. The van der Waals surface area contributed by atoms with Crippen LogP contribution in [0.4, 0.5) is 0 Å². The molecule has 5 heteroatoms. The molecule has 0 fully saturated rings. The fraction of sp³-hybridized carbons (Fsp3) is 0.211. The number of fused-ring (bicyclic) bond motifs is 1. The predicted molar refractivity (Wildman–Crippen MR) is 97.0 cm³/mol. The van der Waals surface area contributed by atoms with Crippen LogP contribution in [-0.4, -0.2) is 23.4 Å². The van der Waals surface area contributed by atoms with Crippen molar-refractivity contribution in [1.29, 1.82) is 0 Å². The summed E-state index contributed by atoms with van der Waals surface area (Å²) in [5, 5.41) is 1.03. The van der Waals surface area contributed by atoms with E-state index in [1.54, 1.807) is 18.9 Å².